The van der Waals surface area contributed by atoms with Crippen molar-refractivity contribution in [2.24, 2.45) is 4.99 Å². The first kappa shape index (κ1) is 24.8. The van der Waals surface area contributed by atoms with E-state index in [1.807, 2.05) is 24.2 Å². The number of hydrogen-bond acceptors (Lipinski definition) is 4. The number of hydrogen-bond donors (Lipinski definition) is 1. The van der Waals surface area contributed by atoms with Gasteiger partial charge in [0.05, 0.1) is 12.8 Å². The fraction of sp³-hybridized carbons (Fsp3) is 0.375. The molecule has 0 bridgehead atoms. The summed E-state index contributed by atoms with van der Waals surface area (Å²) in [5.74, 6) is 2.23. The van der Waals surface area contributed by atoms with Crippen molar-refractivity contribution < 1.29 is 9.21 Å². The number of benzene rings is 1. The van der Waals surface area contributed by atoms with Crippen LogP contribution in [-0.2, 0) is 13.1 Å². The number of halogens is 1. The predicted octanol–water partition coefficient (Wildman–Crippen LogP) is 3.37. The van der Waals surface area contributed by atoms with Crippen LogP contribution in [-0.4, -0.2) is 63.9 Å². The van der Waals surface area contributed by atoms with E-state index < -0.39 is 0 Å². The van der Waals surface area contributed by atoms with E-state index in [-0.39, 0.29) is 29.9 Å². The molecule has 0 atom stereocenters. The zero-order valence-electron chi connectivity index (χ0n) is 19.1. The second kappa shape index (κ2) is 11.9. The number of nitrogens with zero attached hydrogens (tertiary/aromatic N) is 5. The van der Waals surface area contributed by atoms with E-state index in [2.05, 4.69) is 51.0 Å². The number of piperazine rings is 1. The highest BCUT2D eigenvalue weighted by Crippen LogP contribution is 2.12. The highest BCUT2D eigenvalue weighted by atomic mass is 127. The van der Waals surface area contributed by atoms with Crippen LogP contribution in [0.2, 0.25) is 0 Å². The van der Waals surface area contributed by atoms with Crippen molar-refractivity contribution in [2.45, 2.75) is 26.9 Å². The number of rotatable bonds is 6. The third kappa shape index (κ3) is 6.37. The van der Waals surface area contributed by atoms with E-state index in [0.29, 0.717) is 25.4 Å². The van der Waals surface area contributed by atoms with Crippen LogP contribution >= 0.6 is 24.0 Å². The lowest BCUT2D eigenvalue weighted by Gasteiger charge is -2.36. The van der Waals surface area contributed by atoms with Gasteiger partial charge in [-0.05, 0) is 37.1 Å². The Hall–Kier alpha value is -2.82. The van der Waals surface area contributed by atoms with Gasteiger partial charge in [0.2, 0.25) is 0 Å². The molecule has 0 aliphatic carbocycles. The lowest BCUT2D eigenvalue weighted by molar-refractivity contribution is 0.0657. The van der Waals surface area contributed by atoms with Crippen LogP contribution in [0.3, 0.4) is 0 Å². The number of aryl methyl sites for hydroxylation is 1. The van der Waals surface area contributed by atoms with Gasteiger partial charge in [-0.25, -0.2) is 9.98 Å². The predicted molar refractivity (Wildman–Crippen MR) is 139 cm³/mol. The molecular weight excluding hydrogens is 531 g/mol. The summed E-state index contributed by atoms with van der Waals surface area (Å²) in [4.78, 5) is 25.7. The zero-order valence-corrected chi connectivity index (χ0v) is 21.4. The SMILES string of the molecule is CCNC(=NCc1cccc(Cn2ccnc2C)c1)N1CCN(C(=O)c2ccco2)CC1.I. The molecule has 8 nitrogen and oxygen atoms in total. The summed E-state index contributed by atoms with van der Waals surface area (Å²) >= 11 is 0. The first-order valence-corrected chi connectivity index (χ1v) is 11.1. The lowest BCUT2D eigenvalue weighted by atomic mass is 10.1. The van der Waals surface area contributed by atoms with Gasteiger partial charge in [0, 0.05) is 51.7 Å². The van der Waals surface area contributed by atoms with Gasteiger partial charge in [0.1, 0.15) is 5.82 Å². The molecule has 1 aliphatic heterocycles. The maximum Gasteiger partial charge on any atom is 0.289 e. The van der Waals surface area contributed by atoms with E-state index in [4.69, 9.17) is 9.41 Å². The molecule has 1 aromatic carbocycles. The molecule has 0 saturated carbocycles. The Bertz CT molecular complexity index is 1050. The second-order valence-corrected chi connectivity index (χ2v) is 7.85. The monoisotopic (exact) mass is 562 g/mol. The van der Waals surface area contributed by atoms with Gasteiger partial charge >= 0.3 is 0 Å². The normalized spacial score (nSPS) is 14.2. The van der Waals surface area contributed by atoms with Crippen molar-refractivity contribution in [3.63, 3.8) is 0 Å². The number of carbonyl (C=O) groups is 1. The van der Waals surface area contributed by atoms with Crippen LogP contribution in [0.15, 0.2) is 64.5 Å². The highest BCUT2D eigenvalue weighted by molar-refractivity contribution is 14.0. The number of furan rings is 1. The minimum absolute atomic E-state index is 0. The average Bonchev–Trinajstić information content (AvgIpc) is 3.49. The second-order valence-electron chi connectivity index (χ2n) is 7.85. The minimum atomic E-state index is -0.0541. The molecule has 1 aliphatic rings. The number of amides is 1. The van der Waals surface area contributed by atoms with Crippen LogP contribution in [0, 0.1) is 6.92 Å². The minimum Gasteiger partial charge on any atom is -0.459 e. The fourth-order valence-corrected chi connectivity index (χ4v) is 3.86. The molecule has 1 saturated heterocycles. The lowest BCUT2D eigenvalue weighted by Crippen LogP contribution is -2.53. The zero-order chi connectivity index (χ0) is 22.3. The number of aromatic nitrogens is 2. The molecule has 0 spiro atoms. The van der Waals surface area contributed by atoms with Gasteiger partial charge in [0.15, 0.2) is 11.7 Å². The van der Waals surface area contributed by atoms with Gasteiger partial charge in [-0.2, -0.15) is 0 Å². The van der Waals surface area contributed by atoms with Gasteiger partial charge < -0.3 is 24.1 Å². The summed E-state index contributed by atoms with van der Waals surface area (Å²) in [7, 11) is 0. The summed E-state index contributed by atoms with van der Waals surface area (Å²) in [6.45, 7) is 9.03. The molecule has 1 fully saturated rings. The van der Waals surface area contributed by atoms with Crippen molar-refractivity contribution in [2.75, 3.05) is 32.7 Å². The first-order chi connectivity index (χ1) is 15.6. The standard InChI is InChI=1S/C24H30N6O2.HI/c1-3-25-24(29-13-11-28(12-14-29)23(31)22-8-5-15-32-22)27-17-20-6-4-7-21(16-20)18-30-10-9-26-19(30)2;/h4-10,15-16H,3,11-14,17-18H2,1-2H3,(H,25,27);1H. The Kier molecular flexibility index (Phi) is 8.93. The van der Waals surface area contributed by atoms with Crippen LogP contribution in [0.1, 0.15) is 34.4 Å². The molecule has 1 amide bonds. The average molecular weight is 562 g/mol. The highest BCUT2D eigenvalue weighted by Gasteiger charge is 2.25. The molecule has 2 aromatic heterocycles. The Morgan fingerprint density at radius 2 is 1.88 bits per heavy atom. The van der Waals surface area contributed by atoms with Gasteiger partial charge in [-0.15, -0.1) is 24.0 Å². The topological polar surface area (TPSA) is 78.9 Å². The number of aliphatic imine (C=N–C) groups is 1. The third-order valence-corrected chi connectivity index (χ3v) is 5.61. The number of guanidine groups is 1. The Morgan fingerprint density at radius 3 is 2.55 bits per heavy atom. The molecule has 3 aromatic rings. The first-order valence-electron chi connectivity index (χ1n) is 11.1. The molecular formula is C24H31IN6O2. The van der Waals surface area contributed by atoms with Crippen LogP contribution in [0.25, 0.3) is 0 Å². The molecule has 4 rings (SSSR count). The number of imidazole rings is 1. The van der Waals surface area contributed by atoms with E-state index in [9.17, 15) is 4.79 Å². The fourth-order valence-electron chi connectivity index (χ4n) is 3.86. The molecule has 33 heavy (non-hydrogen) atoms. The molecule has 176 valence electrons. The van der Waals surface area contributed by atoms with Crippen molar-refractivity contribution in [1.82, 2.24) is 24.7 Å². The van der Waals surface area contributed by atoms with Crippen molar-refractivity contribution >= 4 is 35.8 Å². The smallest absolute Gasteiger partial charge is 0.289 e. The van der Waals surface area contributed by atoms with Crippen molar-refractivity contribution in [1.29, 1.82) is 0 Å². The summed E-state index contributed by atoms with van der Waals surface area (Å²) < 4.78 is 7.39. The summed E-state index contributed by atoms with van der Waals surface area (Å²) in [5.41, 5.74) is 2.40. The third-order valence-electron chi connectivity index (χ3n) is 5.61. The van der Waals surface area contributed by atoms with Crippen LogP contribution < -0.4 is 5.32 Å². The maximum atomic E-state index is 12.5. The van der Waals surface area contributed by atoms with E-state index in [0.717, 1.165) is 38.0 Å². The Morgan fingerprint density at radius 1 is 1.12 bits per heavy atom. The van der Waals surface area contributed by atoms with Gasteiger partial charge in [0.25, 0.3) is 5.91 Å². The molecule has 0 radical (unpaired) electrons. The van der Waals surface area contributed by atoms with Crippen LogP contribution in [0.4, 0.5) is 0 Å². The van der Waals surface area contributed by atoms with Gasteiger partial charge in [-0.1, -0.05) is 24.3 Å². The van der Waals surface area contributed by atoms with Crippen molar-refractivity contribution in [3.8, 4) is 0 Å². The molecule has 9 heteroatoms. The summed E-state index contributed by atoms with van der Waals surface area (Å²) in [6, 6.07) is 12.0. The van der Waals surface area contributed by atoms with E-state index in [1.165, 1.54) is 17.4 Å². The number of carbonyl (C=O) groups excluding carboxylic acids is 1. The Labute approximate surface area is 211 Å². The number of nitrogens with one attached hydrogen (secondary N) is 1. The van der Waals surface area contributed by atoms with E-state index in [1.54, 1.807) is 12.1 Å². The summed E-state index contributed by atoms with van der Waals surface area (Å²) in [6.07, 6.45) is 5.36. The largest absolute Gasteiger partial charge is 0.459 e. The molecule has 3 heterocycles. The van der Waals surface area contributed by atoms with E-state index >= 15 is 0 Å². The van der Waals surface area contributed by atoms with Gasteiger partial charge in [-0.3, -0.25) is 4.79 Å². The summed E-state index contributed by atoms with van der Waals surface area (Å²) in [5, 5.41) is 3.39. The molecule has 1 N–H and O–H groups in total. The maximum absolute atomic E-state index is 12.5. The van der Waals surface area contributed by atoms with Crippen molar-refractivity contribution in [3.05, 3.63) is 77.8 Å². The quantitative estimate of drug-likeness (QED) is 0.283. The molecule has 0 unspecified atom stereocenters. The Balaban J connectivity index is 0.00000306. The van der Waals surface area contributed by atoms with Crippen LogP contribution in [0.5, 0.6) is 0 Å².